The molecule has 0 aliphatic rings. The number of aliphatic carboxylic acids is 1. The lowest BCUT2D eigenvalue weighted by Crippen LogP contribution is -2.09. The van der Waals surface area contributed by atoms with Crippen LogP contribution in [-0.2, 0) is 13.8 Å². The van der Waals surface area contributed by atoms with Crippen LogP contribution in [0.15, 0.2) is 17.0 Å². The van der Waals surface area contributed by atoms with Crippen molar-refractivity contribution in [3.63, 3.8) is 0 Å². The predicted molar refractivity (Wildman–Crippen MR) is 62.6 cm³/mol. The van der Waals surface area contributed by atoms with Gasteiger partial charge in [-0.3, -0.25) is 0 Å². The molecule has 94 valence electrons. The largest absolute Gasteiger partial charge is 0.480 e. The van der Waals surface area contributed by atoms with E-state index in [9.17, 15) is 13.2 Å². The van der Waals surface area contributed by atoms with Crippen LogP contribution >= 0.6 is 33.9 Å². The number of carboxylic acids is 1. The van der Waals surface area contributed by atoms with Crippen molar-refractivity contribution in [1.82, 2.24) is 0 Å². The Balaban J connectivity index is 3.14. The van der Waals surface area contributed by atoms with Gasteiger partial charge < -0.3 is 9.84 Å². The molecule has 1 N–H and O–H groups in total. The lowest BCUT2D eigenvalue weighted by atomic mass is 10.3. The maximum absolute atomic E-state index is 11.1. The summed E-state index contributed by atoms with van der Waals surface area (Å²) in [6.45, 7) is -0.622. The van der Waals surface area contributed by atoms with Crippen LogP contribution in [-0.4, -0.2) is 26.1 Å². The van der Waals surface area contributed by atoms with Crippen molar-refractivity contribution >= 4 is 48.9 Å². The molecule has 0 atom stereocenters. The highest BCUT2D eigenvalue weighted by Crippen LogP contribution is 2.34. The van der Waals surface area contributed by atoms with Crippen molar-refractivity contribution in [1.29, 1.82) is 0 Å². The second-order valence-corrected chi connectivity index (χ2v) is 6.18. The summed E-state index contributed by atoms with van der Waals surface area (Å²) >= 11 is 11.3. The fraction of sp³-hybridized carbons (Fsp3) is 0.125. The Bertz CT molecular complexity index is 555. The maximum Gasteiger partial charge on any atom is 0.341 e. The summed E-state index contributed by atoms with van der Waals surface area (Å²) in [4.78, 5) is 9.91. The van der Waals surface area contributed by atoms with Gasteiger partial charge in [0.05, 0.1) is 10.0 Å². The van der Waals surface area contributed by atoms with Crippen molar-refractivity contribution in [2.75, 3.05) is 6.61 Å². The van der Waals surface area contributed by atoms with Crippen molar-refractivity contribution in [3.8, 4) is 5.75 Å². The summed E-state index contributed by atoms with van der Waals surface area (Å²) in [5, 5.41) is 8.09. The van der Waals surface area contributed by atoms with Gasteiger partial charge in [0.25, 0.3) is 9.05 Å². The minimum absolute atomic E-state index is 0.0388. The number of hydrogen-bond donors (Lipinski definition) is 1. The predicted octanol–water partition coefficient (Wildman–Crippen LogP) is 2.38. The molecule has 1 aromatic rings. The summed E-state index contributed by atoms with van der Waals surface area (Å²) in [6.07, 6.45) is 0. The lowest BCUT2D eigenvalue weighted by Gasteiger charge is -2.08. The van der Waals surface area contributed by atoms with Gasteiger partial charge in [-0.15, -0.1) is 0 Å². The van der Waals surface area contributed by atoms with Gasteiger partial charge in [-0.05, 0) is 6.07 Å². The monoisotopic (exact) mass is 318 g/mol. The number of benzene rings is 1. The number of hydrogen-bond acceptors (Lipinski definition) is 4. The van der Waals surface area contributed by atoms with Gasteiger partial charge in [0.1, 0.15) is 10.6 Å². The highest BCUT2D eigenvalue weighted by molar-refractivity contribution is 8.13. The molecule has 0 fully saturated rings. The average molecular weight is 320 g/mol. The third kappa shape index (κ3) is 3.92. The molecule has 17 heavy (non-hydrogen) atoms. The topological polar surface area (TPSA) is 80.7 Å². The Morgan fingerprint density at radius 1 is 1.29 bits per heavy atom. The average Bonchev–Trinajstić information content (AvgIpc) is 2.17. The van der Waals surface area contributed by atoms with Crippen LogP contribution < -0.4 is 4.74 Å². The molecule has 0 amide bonds. The summed E-state index contributed by atoms with van der Waals surface area (Å²) in [7, 11) is 1.09. The molecule has 9 heteroatoms. The van der Waals surface area contributed by atoms with Gasteiger partial charge in [0, 0.05) is 16.7 Å². The van der Waals surface area contributed by atoms with E-state index in [-0.39, 0.29) is 20.7 Å². The summed E-state index contributed by atoms with van der Waals surface area (Å²) < 4.78 is 26.9. The van der Waals surface area contributed by atoms with Gasteiger partial charge in [-0.1, -0.05) is 23.2 Å². The van der Waals surface area contributed by atoms with E-state index in [0.717, 1.165) is 12.1 Å². The zero-order valence-corrected chi connectivity index (χ0v) is 11.1. The van der Waals surface area contributed by atoms with Crippen LogP contribution in [0, 0.1) is 0 Å². The highest BCUT2D eigenvalue weighted by Gasteiger charge is 2.18. The van der Waals surface area contributed by atoms with E-state index >= 15 is 0 Å². The Hall–Kier alpha value is -0.690. The molecule has 0 aliphatic heterocycles. The van der Waals surface area contributed by atoms with E-state index in [1.807, 2.05) is 0 Å². The van der Waals surface area contributed by atoms with Gasteiger partial charge in [0.2, 0.25) is 0 Å². The summed E-state index contributed by atoms with van der Waals surface area (Å²) in [6, 6.07) is 2.07. The van der Waals surface area contributed by atoms with Crippen LogP contribution in [0.4, 0.5) is 0 Å². The van der Waals surface area contributed by atoms with E-state index < -0.39 is 21.6 Å². The molecule has 1 rings (SSSR count). The van der Waals surface area contributed by atoms with Crippen molar-refractivity contribution in [3.05, 3.63) is 22.2 Å². The molecular weight excluding hydrogens is 315 g/mol. The second kappa shape index (κ2) is 5.30. The number of carbonyl (C=O) groups is 1. The number of halogens is 3. The molecular formula is C8H5Cl3O5S. The SMILES string of the molecule is O=C(O)COc1cc(Cl)c(S(=O)(=O)Cl)cc1Cl. The first-order valence-electron chi connectivity index (χ1n) is 4.00. The molecule has 5 nitrogen and oxygen atoms in total. The van der Waals surface area contributed by atoms with Crippen molar-refractivity contribution in [2.24, 2.45) is 0 Å². The molecule has 1 aromatic carbocycles. The van der Waals surface area contributed by atoms with Gasteiger partial charge >= 0.3 is 5.97 Å². The Kier molecular flexibility index (Phi) is 4.48. The molecule has 0 radical (unpaired) electrons. The van der Waals surface area contributed by atoms with Crippen LogP contribution in [0.3, 0.4) is 0 Å². The van der Waals surface area contributed by atoms with Crippen molar-refractivity contribution in [2.45, 2.75) is 4.90 Å². The standard InChI is InChI=1S/C8H5Cl3O5S/c9-4-2-7(17(11,14)15)5(10)1-6(4)16-3-8(12)13/h1-2H,3H2,(H,12,13). The van der Waals surface area contributed by atoms with Gasteiger partial charge in [-0.25, -0.2) is 13.2 Å². The van der Waals surface area contributed by atoms with E-state index in [4.69, 9.17) is 43.7 Å². The molecule has 0 saturated carbocycles. The van der Waals surface area contributed by atoms with Crippen LogP contribution in [0.2, 0.25) is 10.0 Å². The molecule has 0 spiro atoms. The van der Waals surface area contributed by atoms with E-state index in [1.54, 1.807) is 0 Å². The second-order valence-electron chi connectivity index (χ2n) is 2.83. The minimum Gasteiger partial charge on any atom is -0.480 e. The smallest absolute Gasteiger partial charge is 0.341 e. The normalized spacial score (nSPS) is 11.2. The first kappa shape index (κ1) is 14.4. The molecule has 0 bridgehead atoms. The first-order valence-corrected chi connectivity index (χ1v) is 7.06. The quantitative estimate of drug-likeness (QED) is 0.862. The lowest BCUT2D eigenvalue weighted by molar-refractivity contribution is -0.139. The van der Waals surface area contributed by atoms with Crippen LogP contribution in [0.5, 0.6) is 5.75 Å². The van der Waals surface area contributed by atoms with E-state index in [2.05, 4.69) is 0 Å². The van der Waals surface area contributed by atoms with Gasteiger partial charge in [-0.2, -0.15) is 0 Å². The molecule has 0 aromatic heterocycles. The maximum atomic E-state index is 11.1. The highest BCUT2D eigenvalue weighted by atomic mass is 35.7. The number of ether oxygens (including phenoxy) is 1. The first-order chi connectivity index (χ1) is 7.71. The van der Waals surface area contributed by atoms with E-state index in [1.165, 1.54) is 0 Å². The Labute approximate surface area is 111 Å². The fourth-order valence-corrected chi connectivity index (χ4v) is 2.74. The van der Waals surface area contributed by atoms with Crippen molar-refractivity contribution < 1.29 is 23.1 Å². The van der Waals surface area contributed by atoms with E-state index in [0.29, 0.717) is 0 Å². The third-order valence-electron chi connectivity index (χ3n) is 1.60. The third-order valence-corrected chi connectivity index (χ3v) is 3.68. The van der Waals surface area contributed by atoms with Crippen LogP contribution in [0.25, 0.3) is 0 Å². The van der Waals surface area contributed by atoms with Crippen LogP contribution in [0.1, 0.15) is 0 Å². The summed E-state index contributed by atoms with van der Waals surface area (Å²) in [5.41, 5.74) is 0. The zero-order valence-electron chi connectivity index (χ0n) is 7.98. The van der Waals surface area contributed by atoms with Gasteiger partial charge in [0.15, 0.2) is 6.61 Å². The molecule has 0 saturated heterocycles. The number of carboxylic acid groups (broad SMARTS) is 1. The molecule has 0 unspecified atom stereocenters. The zero-order chi connectivity index (χ0) is 13.2. The number of rotatable bonds is 4. The molecule has 0 aliphatic carbocycles. The Morgan fingerprint density at radius 2 is 1.88 bits per heavy atom. The fourth-order valence-electron chi connectivity index (χ4n) is 0.947. The minimum atomic E-state index is -4.02. The summed E-state index contributed by atoms with van der Waals surface area (Å²) in [5.74, 6) is -1.24. The molecule has 0 heterocycles. The Morgan fingerprint density at radius 3 is 2.35 bits per heavy atom.